The first kappa shape index (κ1) is 12.6. The van der Waals surface area contributed by atoms with Gasteiger partial charge < -0.3 is 20.3 Å². The van der Waals surface area contributed by atoms with Gasteiger partial charge >= 0.3 is 0 Å². The summed E-state index contributed by atoms with van der Waals surface area (Å²) in [5.74, 6) is 0.710. The molecule has 0 unspecified atom stereocenters. The van der Waals surface area contributed by atoms with Crippen molar-refractivity contribution < 1.29 is 14.6 Å². The summed E-state index contributed by atoms with van der Waals surface area (Å²) in [6, 6.07) is 5.12. The SMILES string of the molecule is C[C@H](O)CO[C@H]1COc2cc(Cl)ccc2[C@H]1N. The van der Waals surface area contributed by atoms with Crippen LogP contribution in [0.25, 0.3) is 0 Å². The molecular formula is C12H16ClNO3. The average Bonchev–Trinajstić information content (AvgIpc) is 2.27. The number of fused-ring (bicyclic) bond motifs is 1. The lowest BCUT2D eigenvalue weighted by molar-refractivity contribution is -0.0409. The van der Waals surface area contributed by atoms with E-state index in [0.29, 0.717) is 17.4 Å². The number of halogens is 1. The summed E-state index contributed by atoms with van der Waals surface area (Å²) in [5, 5.41) is 9.80. The summed E-state index contributed by atoms with van der Waals surface area (Å²) >= 11 is 5.88. The molecule has 17 heavy (non-hydrogen) atoms. The van der Waals surface area contributed by atoms with Crippen LogP contribution in [0.3, 0.4) is 0 Å². The van der Waals surface area contributed by atoms with Crippen molar-refractivity contribution >= 4 is 11.6 Å². The van der Waals surface area contributed by atoms with Gasteiger partial charge in [-0.25, -0.2) is 0 Å². The highest BCUT2D eigenvalue weighted by atomic mass is 35.5. The molecule has 3 atom stereocenters. The number of hydrogen-bond donors (Lipinski definition) is 2. The molecule has 94 valence electrons. The van der Waals surface area contributed by atoms with Gasteiger partial charge in [0.15, 0.2) is 0 Å². The summed E-state index contributed by atoms with van der Waals surface area (Å²) in [7, 11) is 0. The van der Waals surface area contributed by atoms with Crippen LogP contribution in [0.4, 0.5) is 0 Å². The zero-order chi connectivity index (χ0) is 12.4. The number of nitrogens with two attached hydrogens (primary N) is 1. The highest BCUT2D eigenvalue weighted by Crippen LogP contribution is 2.33. The maximum Gasteiger partial charge on any atom is 0.125 e. The van der Waals surface area contributed by atoms with Gasteiger partial charge in [0.2, 0.25) is 0 Å². The second-order valence-electron chi connectivity index (χ2n) is 4.24. The molecule has 1 aromatic carbocycles. The predicted octanol–water partition coefficient (Wildman–Crippen LogP) is 1.50. The third-order valence-corrected chi connectivity index (χ3v) is 2.92. The van der Waals surface area contributed by atoms with Crippen molar-refractivity contribution in [2.45, 2.75) is 25.2 Å². The van der Waals surface area contributed by atoms with Gasteiger partial charge in [-0.1, -0.05) is 17.7 Å². The van der Waals surface area contributed by atoms with Crippen LogP contribution in [-0.4, -0.2) is 30.5 Å². The fraction of sp³-hybridized carbons (Fsp3) is 0.500. The zero-order valence-corrected chi connectivity index (χ0v) is 10.4. The minimum Gasteiger partial charge on any atom is -0.490 e. The quantitative estimate of drug-likeness (QED) is 0.861. The lowest BCUT2D eigenvalue weighted by Crippen LogP contribution is -2.39. The third-order valence-electron chi connectivity index (χ3n) is 2.69. The molecule has 4 nitrogen and oxygen atoms in total. The van der Waals surface area contributed by atoms with E-state index >= 15 is 0 Å². The van der Waals surface area contributed by atoms with Crippen molar-refractivity contribution in [3.63, 3.8) is 0 Å². The van der Waals surface area contributed by atoms with Crippen LogP contribution in [0.1, 0.15) is 18.5 Å². The van der Waals surface area contributed by atoms with Crippen molar-refractivity contribution in [3.8, 4) is 5.75 Å². The molecule has 0 radical (unpaired) electrons. The van der Waals surface area contributed by atoms with E-state index in [0.717, 1.165) is 5.56 Å². The molecule has 1 aliphatic rings. The largest absolute Gasteiger partial charge is 0.490 e. The lowest BCUT2D eigenvalue weighted by atomic mass is 9.99. The highest BCUT2D eigenvalue weighted by Gasteiger charge is 2.29. The molecule has 0 fully saturated rings. The molecule has 0 bridgehead atoms. The molecule has 5 heteroatoms. The predicted molar refractivity (Wildman–Crippen MR) is 65.3 cm³/mol. The van der Waals surface area contributed by atoms with Crippen molar-refractivity contribution in [2.24, 2.45) is 5.73 Å². The minimum absolute atomic E-state index is 0.238. The van der Waals surface area contributed by atoms with E-state index in [4.69, 9.17) is 26.8 Å². The van der Waals surface area contributed by atoms with E-state index in [9.17, 15) is 5.11 Å². The molecule has 3 N–H and O–H groups in total. The van der Waals surface area contributed by atoms with Crippen LogP contribution in [0.2, 0.25) is 5.02 Å². The topological polar surface area (TPSA) is 64.7 Å². The van der Waals surface area contributed by atoms with E-state index in [1.165, 1.54) is 0 Å². The third kappa shape index (κ3) is 2.90. The van der Waals surface area contributed by atoms with E-state index < -0.39 is 6.10 Å². The first-order chi connectivity index (χ1) is 8.08. The number of hydrogen-bond acceptors (Lipinski definition) is 4. The minimum atomic E-state index is -0.506. The van der Waals surface area contributed by atoms with Crippen molar-refractivity contribution in [1.82, 2.24) is 0 Å². The van der Waals surface area contributed by atoms with Gasteiger partial charge in [0, 0.05) is 10.6 Å². The van der Waals surface area contributed by atoms with Crippen molar-refractivity contribution in [3.05, 3.63) is 28.8 Å². The Morgan fingerprint density at radius 2 is 2.41 bits per heavy atom. The Labute approximate surface area is 105 Å². The summed E-state index contributed by atoms with van der Waals surface area (Å²) in [4.78, 5) is 0. The average molecular weight is 258 g/mol. The number of aliphatic hydroxyl groups is 1. The Morgan fingerprint density at radius 3 is 3.12 bits per heavy atom. The smallest absolute Gasteiger partial charge is 0.125 e. The van der Waals surface area contributed by atoms with E-state index in [2.05, 4.69) is 0 Å². The Morgan fingerprint density at radius 1 is 1.65 bits per heavy atom. The number of aliphatic hydroxyl groups excluding tert-OH is 1. The fourth-order valence-corrected chi connectivity index (χ4v) is 1.96. The van der Waals surface area contributed by atoms with Gasteiger partial charge in [0.25, 0.3) is 0 Å². The first-order valence-electron chi connectivity index (χ1n) is 5.55. The van der Waals surface area contributed by atoms with Crippen LogP contribution >= 0.6 is 11.6 Å². The van der Waals surface area contributed by atoms with Gasteiger partial charge in [0.1, 0.15) is 18.5 Å². The first-order valence-corrected chi connectivity index (χ1v) is 5.93. The molecule has 2 rings (SSSR count). The van der Waals surface area contributed by atoms with Crippen LogP contribution < -0.4 is 10.5 Å². The molecule has 0 spiro atoms. The molecule has 1 aliphatic heterocycles. The van der Waals surface area contributed by atoms with E-state index in [1.807, 2.05) is 6.07 Å². The Balaban J connectivity index is 2.10. The number of benzene rings is 1. The van der Waals surface area contributed by atoms with E-state index in [-0.39, 0.29) is 18.8 Å². The van der Waals surface area contributed by atoms with Gasteiger partial charge in [-0.05, 0) is 19.1 Å². The summed E-state index contributed by atoms with van der Waals surface area (Å²) < 4.78 is 11.1. The van der Waals surface area contributed by atoms with Crippen LogP contribution in [0.15, 0.2) is 18.2 Å². The molecular weight excluding hydrogens is 242 g/mol. The van der Waals surface area contributed by atoms with Crippen LogP contribution in [-0.2, 0) is 4.74 Å². The molecule has 0 saturated carbocycles. The second kappa shape index (κ2) is 5.23. The van der Waals surface area contributed by atoms with Crippen molar-refractivity contribution in [2.75, 3.05) is 13.2 Å². The molecule has 1 heterocycles. The standard InChI is InChI=1S/C12H16ClNO3/c1-7(15)5-16-11-6-17-10-4-8(13)2-3-9(10)12(11)14/h2-4,7,11-12,15H,5-6,14H2,1H3/t7-,11-,12+/m0/s1. The van der Waals surface area contributed by atoms with Crippen LogP contribution in [0.5, 0.6) is 5.75 Å². The van der Waals surface area contributed by atoms with Gasteiger partial charge in [-0.15, -0.1) is 0 Å². The normalized spacial score (nSPS) is 24.9. The summed E-state index contributed by atoms with van der Waals surface area (Å²) in [6.07, 6.45) is -0.743. The highest BCUT2D eigenvalue weighted by molar-refractivity contribution is 6.30. The number of ether oxygens (including phenoxy) is 2. The Hall–Kier alpha value is -0.810. The molecule has 0 aromatic heterocycles. The fourth-order valence-electron chi connectivity index (χ4n) is 1.80. The zero-order valence-electron chi connectivity index (χ0n) is 9.60. The maximum atomic E-state index is 9.18. The lowest BCUT2D eigenvalue weighted by Gasteiger charge is -2.31. The summed E-state index contributed by atoms with van der Waals surface area (Å²) in [6.45, 7) is 2.30. The van der Waals surface area contributed by atoms with Gasteiger partial charge in [-0.2, -0.15) is 0 Å². The van der Waals surface area contributed by atoms with Gasteiger partial charge in [0.05, 0.1) is 18.8 Å². The Kier molecular flexibility index (Phi) is 3.89. The molecule has 0 saturated heterocycles. The molecule has 0 aliphatic carbocycles. The van der Waals surface area contributed by atoms with Gasteiger partial charge in [-0.3, -0.25) is 0 Å². The second-order valence-corrected chi connectivity index (χ2v) is 4.68. The maximum absolute atomic E-state index is 9.18. The van der Waals surface area contributed by atoms with Crippen LogP contribution in [0, 0.1) is 0 Å². The molecule has 0 amide bonds. The number of rotatable bonds is 3. The molecule has 1 aromatic rings. The van der Waals surface area contributed by atoms with E-state index in [1.54, 1.807) is 19.1 Å². The summed E-state index contributed by atoms with van der Waals surface area (Å²) in [5.41, 5.74) is 6.98. The monoisotopic (exact) mass is 257 g/mol. The Bertz CT molecular complexity index is 397. The van der Waals surface area contributed by atoms with Crippen molar-refractivity contribution in [1.29, 1.82) is 0 Å².